The second-order valence-corrected chi connectivity index (χ2v) is 6.61. The largest absolute Gasteiger partial charge is 0.357 e. The molecule has 0 aliphatic rings. The van der Waals surface area contributed by atoms with Gasteiger partial charge in [0.25, 0.3) is 5.91 Å². The lowest BCUT2D eigenvalue weighted by molar-refractivity contribution is -0.130. The molecule has 0 saturated heterocycles. The molecule has 0 spiro atoms. The zero-order valence-corrected chi connectivity index (χ0v) is 14.5. The van der Waals surface area contributed by atoms with E-state index in [-0.39, 0.29) is 18.4 Å². The van der Waals surface area contributed by atoms with Gasteiger partial charge in [0.2, 0.25) is 11.8 Å². The lowest BCUT2D eigenvalue weighted by Crippen LogP contribution is -2.54. The van der Waals surface area contributed by atoms with Gasteiger partial charge in [-0.15, -0.1) is 0 Å². The van der Waals surface area contributed by atoms with Crippen molar-refractivity contribution in [2.75, 3.05) is 13.6 Å². The first-order valence-electron chi connectivity index (χ1n) is 7.20. The molecule has 1 rings (SSSR count). The summed E-state index contributed by atoms with van der Waals surface area (Å²) in [4.78, 5) is 35.8. The third kappa shape index (κ3) is 5.90. The van der Waals surface area contributed by atoms with E-state index in [0.717, 1.165) is 0 Å². The van der Waals surface area contributed by atoms with Gasteiger partial charge in [0.15, 0.2) is 0 Å². The molecular formula is C16H22ClN3O3. The first-order valence-corrected chi connectivity index (χ1v) is 7.57. The molecule has 0 aliphatic heterocycles. The summed E-state index contributed by atoms with van der Waals surface area (Å²) in [6.07, 6.45) is 0. The molecule has 1 aromatic carbocycles. The Morgan fingerprint density at radius 1 is 1.13 bits per heavy atom. The van der Waals surface area contributed by atoms with Crippen LogP contribution < -0.4 is 16.0 Å². The summed E-state index contributed by atoms with van der Waals surface area (Å²) in [6, 6.07) is 5.64. The lowest BCUT2D eigenvalue weighted by Gasteiger charge is -2.29. The first kappa shape index (κ1) is 19.0. The fraction of sp³-hybridized carbons (Fsp3) is 0.438. The van der Waals surface area contributed by atoms with Crippen molar-refractivity contribution in [1.82, 2.24) is 16.0 Å². The molecule has 7 heteroatoms. The highest BCUT2D eigenvalue weighted by Gasteiger charge is 2.31. The zero-order chi connectivity index (χ0) is 17.6. The minimum Gasteiger partial charge on any atom is -0.357 e. The van der Waals surface area contributed by atoms with Crippen molar-refractivity contribution >= 4 is 29.3 Å². The molecule has 0 aliphatic carbocycles. The van der Waals surface area contributed by atoms with E-state index in [0.29, 0.717) is 10.6 Å². The van der Waals surface area contributed by atoms with Crippen LogP contribution in [0.5, 0.6) is 0 Å². The SMILES string of the molecule is CNC(=O)[C@H](NC(=O)CNC(=O)c1ccc(Cl)cc1)C(C)(C)C. The van der Waals surface area contributed by atoms with Crippen LogP contribution >= 0.6 is 11.6 Å². The van der Waals surface area contributed by atoms with E-state index in [1.807, 2.05) is 20.8 Å². The van der Waals surface area contributed by atoms with Crippen LogP contribution in [0.2, 0.25) is 5.02 Å². The van der Waals surface area contributed by atoms with Gasteiger partial charge in [-0.25, -0.2) is 0 Å². The Bertz CT molecular complexity index is 579. The molecule has 0 fully saturated rings. The van der Waals surface area contributed by atoms with Gasteiger partial charge in [0, 0.05) is 17.6 Å². The zero-order valence-electron chi connectivity index (χ0n) is 13.7. The Kier molecular flexibility index (Phi) is 6.57. The normalized spacial score (nSPS) is 12.2. The number of carbonyl (C=O) groups excluding carboxylic acids is 3. The predicted octanol–water partition coefficient (Wildman–Crippen LogP) is 1.35. The number of carbonyl (C=O) groups is 3. The van der Waals surface area contributed by atoms with Crippen LogP contribution in [0.15, 0.2) is 24.3 Å². The highest BCUT2D eigenvalue weighted by Crippen LogP contribution is 2.19. The Hall–Kier alpha value is -2.08. The number of hydrogen-bond donors (Lipinski definition) is 3. The number of nitrogens with one attached hydrogen (secondary N) is 3. The van der Waals surface area contributed by atoms with Crippen LogP contribution in [0.3, 0.4) is 0 Å². The summed E-state index contributed by atoms with van der Waals surface area (Å²) in [6.45, 7) is 5.32. The van der Waals surface area contributed by atoms with Gasteiger partial charge in [-0.2, -0.15) is 0 Å². The summed E-state index contributed by atoms with van der Waals surface area (Å²) in [5, 5.41) is 8.19. The van der Waals surface area contributed by atoms with Crippen LogP contribution in [-0.2, 0) is 9.59 Å². The van der Waals surface area contributed by atoms with E-state index in [2.05, 4.69) is 16.0 Å². The van der Waals surface area contributed by atoms with Gasteiger partial charge in [0.05, 0.1) is 6.54 Å². The molecule has 1 aromatic rings. The Morgan fingerprint density at radius 2 is 1.70 bits per heavy atom. The standard InChI is InChI=1S/C16H22ClN3O3/c1-16(2,3)13(15(23)18-4)20-12(21)9-19-14(22)10-5-7-11(17)8-6-10/h5-8,13H,9H2,1-4H3,(H,18,23)(H,19,22)(H,20,21)/t13-/m0/s1. The summed E-state index contributed by atoms with van der Waals surface area (Å²) in [5.41, 5.74) is -0.0449. The molecule has 0 radical (unpaired) electrons. The molecule has 1 atom stereocenters. The van der Waals surface area contributed by atoms with Crippen molar-refractivity contribution in [1.29, 1.82) is 0 Å². The van der Waals surface area contributed by atoms with E-state index in [9.17, 15) is 14.4 Å². The van der Waals surface area contributed by atoms with Crippen molar-refractivity contribution in [2.45, 2.75) is 26.8 Å². The van der Waals surface area contributed by atoms with Crippen molar-refractivity contribution in [3.63, 3.8) is 0 Å². The van der Waals surface area contributed by atoms with Crippen LogP contribution in [-0.4, -0.2) is 37.4 Å². The topological polar surface area (TPSA) is 87.3 Å². The smallest absolute Gasteiger partial charge is 0.251 e. The molecule has 23 heavy (non-hydrogen) atoms. The summed E-state index contributed by atoms with van der Waals surface area (Å²) >= 11 is 5.75. The number of likely N-dealkylation sites (N-methyl/N-ethyl adjacent to an activating group) is 1. The Balaban J connectivity index is 2.60. The summed E-state index contributed by atoms with van der Waals surface area (Å²) < 4.78 is 0. The number of amides is 3. The third-order valence-corrected chi connectivity index (χ3v) is 3.45. The lowest BCUT2D eigenvalue weighted by atomic mass is 9.86. The van der Waals surface area contributed by atoms with Gasteiger partial charge in [-0.3, -0.25) is 14.4 Å². The maximum Gasteiger partial charge on any atom is 0.251 e. The Labute approximate surface area is 141 Å². The molecular weight excluding hydrogens is 318 g/mol. The van der Waals surface area contributed by atoms with E-state index < -0.39 is 17.4 Å². The number of hydrogen-bond acceptors (Lipinski definition) is 3. The fourth-order valence-corrected chi connectivity index (χ4v) is 2.02. The third-order valence-electron chi connectivity index (χ3n) is 3.20. The van der Waals surface area contributed by atoms with Crippen molar-refractivity contribution in [3.8, 4) is 0 Å². The van der Waals surface area contributed by atoms with Crippen LogP contribution in [0, 0.1) is 5.41 Å². The second kappa shape index (κ2) is 7.97. The molecule has 3 amide bonds. The molecule has 0 heterocycles. The number of benzene rings is 1. The molecule has 0 aromatic heterocycles. The van der Waals surface area contributed by atoms with Gasteiger partial charge < -0.3 is 16.0 Å². The summed E-state index contributed by atoms with van der Waals surface area (Å²) in [7, 11) is 1.51. The van der Waals surface area contributed by atoms with Crippen LogP contribution in [0.4, 0.5) is 0 Å². The fourth-order valence-electron chi connectivity index (χ4n) is 1.90. The highest BCUT2D eigenvalue weighted by molar-refractivity contribution is 6.30. The van der Waals surface area contributed by atoms with Gasteiger partial charge in [-0.1, -0.05) is 32.4 Å². The maximum atomic E-state index is 12.0. The van der Waals surface area contributed by atoms with E-state index >= 15 is 0 Å². The number of halogens is 1. The van der Waals surface area contributed by atoms with E-state index in [4.69, 9.17) is 11.6 Å². The minimum atomic E-state index is -0.688. The van der Waals surface area contributed by atoms with Crippen molar-refractivity contribution < 1.29 is 14.4 Å². The van der Waals surface area contributed by atoms with E-state index in [1.165, 1.54) is 7.05 Å². The molecule has 3 N–H and O–H groups in total. The summed E-state index contributed by atoms with van der Waals surface area (Å²) in [5.74, 6) is -1.10. The van der Waals surface area contributed by atoms with Gasteiger partial charge in [-0.05, 0) is 29.7 Å². The monoisotopic (exact) mass is 339 g/mol. The van der Waals surface area contributed by atoms with Crippen molar-refractivity contribution in [2.24, 2.45) is 5.41 Å². The Morgan fingerprint density at radius 3 is 2.17 bits per heavy atom. The van der Waals surface area contributed by atoms with Crippen molar-refractivity contribution in [3.05, 3.63) is 34.9 Å². The highest BCUT2D eigenvalue weighted by atomic mass is 35.5. The molecule has 126 valence electrons. The number of rotatable bonds is 5. The van der Waals surface area contributed by atoms with Crippen LogP contribution in [0.25, 0.3) is 0 Å². The quantitative estimate of drug-likeness (QED) is 0.756. The first-order chi connectivity index (χ1) is 10.6. The molecule has 6 nitrogen and oxygen atoms in total. The minimum absolute atomic E-state index is 0.217. The average Bonchev–Trinajstić information content (AvgIpc) is 2.49. The van der Waals surface area contributed by atoms with Gasteiger partial charge >= 0.3 is 0 Å². The average molecular weight is 340 g/mol. The van der Waals surface area contributed by atoms with Gasteiger partial charge in [0.1, 0.15) is 6.04 Å². The molecule has 0 saturated carbocycles. The van der Waals surface area contributed by atoms with Crippen LogP contribution in [0.1, 0.15) is 31.1 Å². The molecule has 0 bridgehead atoms. The molecule has 0 unspecified atom stereocenters. The predicted molar refractivity (Wildman–Crippen MR) is 89.2 cm³/mol. The maximum absolute atomic E-state index is 12.0. The second-order valence-electron chi connectivity index (χ2n) is 6.17. The van der Waals surface area contributed by atoms with E-state index in [1.54, 1.807) is 24.3 Å².